The third-order valence-electron chi connectivity index (χ3n) is 4.29. The van der Waals surface area contributed by atoms with Crippen molar-refractivity contribution in [2.45, 2.75) is 25.3 Å². The van der Waals surface area contributed by atoms with Gasteiger partial charge in [-0.3, -0.25) is 0 Å². The molecule has 0 amide bonds. The van der Waals surface area contributed by atoms with Crippen LogP contribution < -0.4 is 5.32 Å². The largest absolute Gasteiger partial charge is 0.379 e. The van der Waals surface area contributed by atoms with E-state index in [4.69, 9.17) is 4.74 Å². The van der Waals surface area contributed by atoms with Crippen molar-refractivity contribution in [3.63, 3.8) is 0 Å². The Hall–Kier alpha value is -1.29. The second kappa shape index (κ2) is 7.08. The molecule has 1 aromatic heterocycles. The first-order chi connectivity index (χ1) is 11.1. The first-order valence-electron chi connectivity index (χ1n) is 7.98. The number of hydrogen-bond donors (Lipinski definition) is 1. The monoisotopic (exact) mass is 341 g/mol. The van der Waals surface area contributed by atoms with Gasteiger partial charge in [0.1, 0.15) is 0 Å². The van der Waals surface area contributed by atoms with Gasteiger partial charge in [0.2, 0.25) is 5.95 Å². The van der Waals surface area contributed by atoms with Crippen molar-refractivity contribution >= 4 is 16.2 Å². The number of anilines is 1. The molecule has 128 valence electrons. The zero-order chi connectivity index (χ0) is 16.3. The van der Waals surface area contributed by atoms with Gasteiger partial charge in [-0.25, -0.2) is 9.97 Å². The number of rotatable bonds is 4. The molecule has 0 aliphatic carbocycles. The molecule has 0 bridgehead atoms. The van der Waals surface area contributed by atoms with E-state index in [-0.39, 0.29) is 6.04 Å². The van der Waals surface area contributed by atoms with Crippen molar-refractivity contribution < 1.29 is 13.2 Å². The molecule has 1 aromatic rings. The molecule has 3 heterocycles. The fourth-order valence-corrected chi connectivity index (χ4v) is 4.88. The minimum atomic E-state index is -3.50. The SMILES string of the molecule is CNc1nccc(C2CCCCN2S(=O)(=O)N2CCOCC2)n1. The third-order valence-corrected chi connectivity index (χ3v) is 6.34. The average molecular weight is 341 g/mol. The maximum atomic E-state index is 13.0. The molecular formula is C14H23N5O3S. The molecule has 0 radical (unpaired) electrons. The molecular weight excluding hydrogens is 318 g/mol. The number of ether oxygens (including phenoxy) is 1. The molecule has 0 saturated carbocycles. The standard InChI is InChI=1S/C14H23N5O3S/c1-15-14-16-6-5-12(17-14)13-4-2-3-7-19(13)23(20,21)18-8-10-22-11-9-18/h5-6,13H,2-4,7-11H2,1H3,(H,15,16,17). The fraction of sp³-hybridized carbons (Fsp3) is 0.714. The highest BCUT2D eigenvalue weighted by Crippen LogP contribution is 2.33. The summed E-state index contributed by atoms with van der Waals surface area (Å²) in [7, 11) is -1.74. The fourth-order valence-electron chi connectivity index (χ4n) is 3.08. The zero-order valence-electron chi connectivity index (χ0n) is 13.3. The first-order valence-corrected chi connectivity index (χ1v) is 9.38. The summed E-state index contributed by atoms with van der Waals surface area (Å²) in [6.45, 7) is 2.27. The molecule has 23 heavy (non-hydrogen) atoms. The van der Waals surface area contributed by atoms with Gasteiger partial charge in [0.15, 0.2) is 0 Å². The Bertz CT molecular complexity index is 633. The third kappa shape index (κ3) is 3.47. The maximum Gasteiger partial charge on any atom is 0.282 e. The summed E-state index contributed by atoms with van der Waals surface area (Å²) in [5.74, 6) is 0.511. The quantitative estimate of drug-likeness (QED) is 0.864. The molecule has 2 aliphatic heterocycles. The molecule has 2 fully saturated rings. The van der Waals surface area contributed by atoms with E-state index in [9.17, 15) is 8.42 Å². The van der Waals surface area contributed by atoms with Crippen LogP contribution in [0.4, 0.5) is 5.95 Å². The van der Waals surface area contributed by atoms with Gasteiger partial charge in [0, 0.05) is 32.9 Å². The number of aromatic nitrogens is 2. The average Bonchev–Trinajstić information content (AvgIpc) is 2.62. The summed E-state index contributed by atoms with van der Waals surface area (Å²) in [4.78, 5) is 8.56. The van der Waals surface area contributed by atoms with Crippen LogP contribution in [0.5, 0.6) is 0 Å². The number of hydrogen-bond acceptors (Lipinski definition) is 6. The van der Waals surface area contributed by atoms with E-state index in [2.05, 4.69) is 15.3 Å². The molecule has 1 N–H and O–H groups in total. The molecule has 2 aliphatic rings. The molecule has 2 saturated heterocycles. The Labute approximate surface area is 137 Å². The summed E-state index contributed by atoms with van der Waals surface area (Å²) in [6, 6.07) is 1.57. The van der Waals surface area contributed by atoms with E-state index >= 15 is 0 Å². The van der Waals surface area contributed by atoms with Crippen molar-refractivity contribution in [1.29, 1.82) is 0 Å². The second-order valence-corrected chi connectivity index (χ2v) is 7.58. The Balaban J connectivity index is 1.88. The van der Waals surface area contributed by atoms with Gasteiger partial charge in [-0.15, -0.1) is 0 Å². The summed E-state index contributed by atoms with van der Waals surface area (Å²) in [6.07, 6.45) is 4.33. The van der Waals surface area contributed by atoms with Gasteiger partial charge < -0.3 is 10.1 Å². The van der Waals surface area contributed by atoms with Crippen molar-refractivity contribution in [2.24, 2.45) is 0 Å². The molecule has 8 nitrogen and oxygen atoms in total. The van der Waals surface area contributed by atoms with Gasteiger partial charge in [0.05, 0.1) is 24.9 Å². The molecule has 1 unspecified atom stereocenters. The predicted molar refractivity (Wildman–Crippen MR) is 86.2 cm³/mol. The second-order valence-electron chi connectivity index (χ2n) is 5.70. The van der Waals surface area contributed by atoms with E-state index < -0.39 is 10.2 Å². The van der Waals surface area contributed by atoms with Gasteiger partial charge in [0.25, 0.3) is 10.2 Å². The Morgan fingerprint density at radius 1 is 1.26 bits per heavy atom. The van der Waals surface area contributed by atoms with Crippen LogP contribution in [-0.4, -0.2) is 66.9 Å². The van der Waals surface area contributed by atoms with Crippen LogP contribution in [0.2, 0.25) is 0 Å². The lowest BCUT2D eigenvalue weighted by atomic mass is 10.0. The lowest BCUT2D eigenvalue weighted by Crippen LogP contribution is -2.51. The van der Waals surface area contributed by atoms with E-state index in [1.54, 1.807) is 23.6 Å². The van der Waals surface area contributed by atoms with Gasteiger partial charge in [-0.2, -0.15) is 17.0 Å². The lowest BCUT2D eigenvalue weighted by Gasteiger charge is -2.38. The smallest absolute Gasteiger partial charge is 0.282 e. The van der Waals surface area contributed by atoms with Crippen LogP contribution in [0, 0.1) is 0 Å². The van der Waals surface area contributed by atoms with Crippen LogP contribution >= 0.6 is 0 Å². The van der Waals surface area contributed by atoms with Crippen LogP contribution in [0.15, 0.2) is 12.3 Å². The molecule has 3 rings (SSSR count). The van der Waals surface area contributed by atoms with Gasteiger partial charge in [-0.1, -0.05) is 6.42 Å². The minimum absolute atomic E-state index is 0.230. The van der Waals surface area contributed by atoms with Gasteiger partial charge >= 0.3 is 0 Å². The Morgan fingerprint density at radius 3 is 2.78 bits per heavy atom. The van der Waals surface area contributed by atoms with Gasteiger partial charge in [-0.05, 0) is 18.9 Å². The zero-order valence-corrected chi connectivity index (χ0v) is 14.1. The van der Waals surface area contributed by atoms with Crippen molar-refractivity contribution in [1.82, 2.24) is 18.6 Å². The first kappa shape index (κ1) is 16.6. The van der Waals surface area contributed by atoms with Crippen LogP contribution in [0.25, 0.3) is 0 Å². The number of morpholine rings is 1. The van der Waals surface area contributed by atoms with E-state index in [0.717, 1.165) is 25.0 Å². The number of nitrogens with one attached hydrogen (secondary N) is 1. The number of piperidine rings is 1. The lowest BCUT2D eigenvalue weighted by molar-refractivity contribution is 0.0681. The van der Waals surface area contributed by atoms with Crippen molar-refractivity contribution in [2.75, 3.05) is 45.2 Å². The van der Waals surface area contributed by atoms with E-state index in [1.807, 2.05) is 0 Å². The summed E-state index contributed by atoms with van der Waals surface area (Å²) in [5, 5.41) is 2.91. The topological polar surface area (TPSA) is 87.7 Å². The van der Waals surface area contributed by atoms with Crippen LogP contribution in [0.1, 0.15) is 31.0 Å². The normalized spacial score (nSPS) is 24.5. The Kier molecular flexibility index (Phi) is 5.10. The highest BCUT2D eigenvalue weighted by atomic mass is 32.2. The highest BCUT2D eigenvalue weighted by molar-refractivity contribution is 7.86. The molecule has 0 aromatic carbocycles. The Morgan fingerprint density at radius 2 is 2.04 bits per heavy atom. The summed E-state index contributed by atoms with van der Waals surface area (Å²) >= 11 is 0. The van der Waals surface area contributed by atoms with Crippen LogP contribution in [-0.2, 0) is 14.9 Å². The molecule has 9 heteroatoms. The summed E-state index contributed by atoms with van der Waals surface area (Å²) < 4.78 is 34.4. The summed E-state index contributed by atoms with van der Waals surface area (Å²) in [5.41, 5.74) is 0.751. The molecule has 0 spiro atoms. The molecule has 1 atom stereocenters. The maximum absolute atomic E-state index is 13.0. The predicted octanol–water partition coefficient (Wildman–Crippen LogP) is 0.622. The van der Waals surface area contributed by atoms with E-state index in [0.29, 0.717) is 38.8 Å². The van der Waals surface area contributed by atoms with Crippen molar-refractivity contribution in [3.8, 4) is 0 Å². The highest BCUT2D eigenvalue weighted by Gasteiger charge is 2.38. The van der Waals surface area contributed by atoms with Crippen molar-refractivity contribution in [3.05, 3.63) is 18.0 Å². The van der Waals surface area contributed by atoms with E-state index in [1.165, 1.54) is 4.31 Å². The number of nitrogens with zero attached hydrogens (tertiary/aromatic N) is 4. The van der Waals surface area contributed by atoms with Crippen LogP contribution in [0.3, 0.4) is 0 Å². The minimum Gasteiger partial charge on any atom is -0.379 e.